The summed E-state index contributed by atoms with van der Waals surface area (Å²) in [6.45, 7) is 2.63. The summed E-state index contributed by atoms with van der Waals surface area (Å²) in [5, 5.41) is 9.19. The molecule has 1 heterocycles. The SMILES string of the molecule is CC1OCCC1Sc1cccc(F)c1C(=O)O. The number of halogens is 1. The number of rotatable bonds is 3. The fourth-order valence-electron chi connectivity index (χ4n) is 1.84. The van der Waals surface area contributed by atoms with Gasteiger partial charge in [0.25, 0.3) is 0 Å². The molecule has 1 aromatic rings. The zero-order chi connectivity index (χ0) is 12.4. The van der Waals surface area contributed by atoms with Gasteiger partial charge in [-0.05, 0) is 25.5 Å². The van der Waals surface area contributed by atoms with Gasteiger partial charge in [0.1, 0.15) is 11.4 Å². The number of carboxylic acids is 1. The summed E-state index contributed by atoms with van der Waals surface area (Å²) in [6, 6.07) is 4.34. The van der Waals surface area contributed by atoms with Crippen molar-refractivity contribution in [2.45, 2.75) is 29.6 Å². The summed E-state index contributed by atoms with van der Waals surface area (Å²) in [5.41, 5.74) is -0.239. The summed E-state index contributed by atoms with van der Waals surface area (Å²) < 4.78 is 18.9. The van der Waals surface area contributed by atoms with Crippen LogP contribution < -0.4 is 0 Å². The lowest BCUT2D eigenvalue weighted by atomic mass is 10.2. The first kappa shape index (κ1) is 12.4. The summed E-state index contributed by atoms with van der Waals surface area (Å²) in [4.78, 5) is 11.5. The molecule has 1 aliphatic heterocycles. The average molecular weight is 256 g/mol. The van der Waals surface area contributed by atoms with E-state index in [9.17, 15) is 9.18 Å². The fraction of sp³-hybridized carbons (Fsp3) is 0.417. The Morgan fingerprint density at radius 3 is 2.94 bits per heavy atom. The quantitative estimate of drug-likeness (QED) is 0.903. The summed E-state index contributed by atoms with van der Waals surface area (Å²) in [6.07, 6.45) is 0.936. The monoisotopic (exact) mass is 256 g/mol. The van der Waals surface area contributed by atoms with Gasteiger partial charge < -0.3 is 9.84 Å². The van der Waals surface area contributed by atoms with Crippen molar-refractivity contribution in [1.29, 1.82) is 0 Å². The van der Waals surface area contributed by atoms with Gasteiger partial charge in [-0.1, -0.05) is 6.07 Å². The molecule has 0 saturated carbocycles. The molecule has 17 heavy (non-hydrogen) atoms. The van der Waals surface area contributed by atoms with Gasteiger partial charge >= 0.3 is 5.97 Å². The molecule has 1 aromatic carbocycles. The Kier molecular flexibility index (Phi) is 3.69. The second-order valence-electron chi connectivity index (χ2n) is 3.94. The molecule has 2 rings (SSSR count). The largest absolute Gasteiger partial charge is 0.478 e. The number of thioether (sulfide) groups is 1. The average Bonchev–Trinajstić information content (AvgIpc) is 2.64. The van der Waals surface area contributed by atoms with E-state index in [1.807, 2.05) is 6.92 Å². The Morgan fingerprint density at radius 1 is 1.59 bits per heavy atom. The minimum Gasteiger partial charge on any atom is -0.478 e. The van der Waals surface area contributed by atoms with Crippen molar-refractivity contribution in [3.8, 4) is 0 Å². The van der Waals surface area contributed by atoms with E-state index in [1.54, 1.807) is 6.07 Å². The molecular formula is C12H13FO3S. The van der Waals surface area contributed by atoms with E-state index in [1.165, 1.54) is 23.9 Å². The van der Waals surface area contributed by atoms with Crippen LogP contribution in [0.2, 0.25) is 0 Å². The first-order valence-electron chi connectivity index (χ1n) is 5.39. The Morgan fingerprint density at radius 2 is 2.35 bits per heavy atom. The number of carboxylic acid groups (broad SMARTS) is 1. The summed E-state index contributed by atoms with van der Waals surface area (Å²) in [5.74, 6) is -1.91. The number of benzene rings is 1. The van der Waals surface area contributed by atoms with E-state index in [2.05, 4.69) is 0 Å². The molecule has 0 bridgehead atoms. The number of carbonyl (C=O) groups is 1. The normalized spacial score (nSPS) is 23.9. The van der Waals surface area contributed by atoms with Crippen molar-refractivity contribution in [1.82, 2.24) is 0 Å². The minimum absolute atomic E-state index is 0.0740. The van der Waals surface area contributed by atoms with Crippen LogP contribution >= 0.6 is 11.8 Å². The molecule has 1 fully saturated rings. The van der Waals surface area contributed by atoms with Crippen LogP contribution in [0.1, 0.15) is 23.7 Å². The van der Waals surface area contributed by atoms with Gasteiger partial charge in [-0.25, -0.2) is 9.18 Å². The van der Waals surface area contributed by atoms with Crippen LogP contribution in [0.15, 0.2) is 23.1 Å². The van der Waals surface area contributed by atoms with E-state index >= 15 is 0 Å². The molecule has 5 heteroatoms. The van der Waals surface area contributed by atoms with Crippen LogP contribution in [0.25, 0.3) is 0 Å². The molecule has 0 amide bonds. The van der Waals surface area contributed by atoms with Gasteiger partial charge in [-0.15, -0.1) is 11.8 Å². The highest BCUT2D eigenvalue weighted by Gasteiger charge is 2.27. The van der Waals surface area contributed by atoms with Crippen LogP contribution in [0.4, 0.5) is 4.39 Å². The molecule has 0 spiro atoms. The highest BCUT2D eigenvalue weighted by molar-refractivity contribution is 8.00. The second kappa shape index (κ2) is 5.06. The van der Waals surface area contributed by atoms with Gasteiger partial charge in [0.15, 0.2) is 0 Å². The number of hydrogen-bond acceptors (Lipinski definition) is 3. The van der Waals surface area contributed by atoms with E-state index in [4.69, 9.17) is 9.84 Å². The standard InChI is InChI=1S/C12H13FO3S/c1-7-9(5-6-16-7)17-10-4-2-3-8(13)11(10)12(14)15/h2-4,7,9H,5-6H2,1H3,(H,14,15). The lowest BCUT2D eigenvalue weighted by molar-refractivity contribution is 0.0687. The van der Waals surface area contributed by atoms with Crippen LogP contribution in [0.5, 0.6) is 0 Å². The highest BCUT2D eigenvalue weighted by Crippen LogP contribution is 2.35. The molecule has 3 nitrogen and oxygen atoms in total. The van der Waals surface area contributed by atoms with Crippen molar-refractivity contribution in [2.24, 2.45) is 0 Å². The van der Waals surface area contributed by atoms with Crippen molar-refractivity contribution in [3.63, 3.8) is 0 Å². The summed E-state index contributed by atoms with van der Waals surface area (Å²) in [7, 11) is 0. The molecule has 0 aliphatic carbocycles. The molecule has 1 saturated heterocycles. The van der Waals surface area contributed by atoms with E-state index in [0.29, 0.717) is 11.5 Å². The Hall–Kier alpha value is -1.07. The third kappa shape index (κ3) is 2.61. The van der Waals surface area contributed by atoms with Crippen molar-refractivity contribution in [3.05, 3.63) is 29.6 Å². The van der Waals surface area contributed by atoms with E-state index in [-0.39, 0.29) is 16.9 Å². The predicted molar refractivity (Wildman–Crippen MR) is 63.0 cm³/mol. The Balaban J connectivity index is 2.26. The van der Waals surface area contributed by atoms with Crippen molar-refractivity contribution >= 4 is 17.7 Å². The maximum Gasteiger partial charge on any atom is 0.339 e. The van der Waals surface area contributed by atoms with Crippen molar-refractivity contribution < 1.29 is 19.0 Å². The van der Waals surface area contributed by atoms with Gasteiger partial charge in [0, 0.05) is 16.8 Å². The molecular weight excluding hydrogens is 243 g/mol. The van der Waals surface area contributed by atoms with E-state index < -0.39 is 11.8 Å². The van der Waals surface area contributed by atoms with Gasteiger partial charge in [0.2, 0.25) is 0 Å². The first-order valence-corrected chi connectivity index (χ1v) is 6.27. The smallest absolute Gasteiger partial charge is 0.339 e. The zero-order valence-corrected chi connectivity index (χ0v) is 10.2. The Bertz CT molecular complexity index is 436. The predicted octanol–water partition coefficient (Wildman–Crippen LogP) is 2.79. The first-order chi connectivity index (χ1) is 8.09. The maximum absolute atomic E-state index is 13.4. The third-order valence-electron chi connectivity index (χ3n) is 2.77. The molecule has 1 aliphatic rings. The molecule has 1 N–H and O–H groups in total. The van der Waals surface area contributed by atoms with Crippen LogP contribution in [-0.2, 0) is 4.74 Å². The minimum atomic E-state index is -1.22. The van der Waals surface area contributed by atoms with Crippen LogP contribution in [-0.4, -0.2) is 29.0 Å². The second-order valence-corrected chi connectivity index (χ2v) is 5.22. The summed E-state index contributed by atoms with van der Waals surface area (Å²) >= 11 is 1.38. The molecule has 2 unspecified atom stereocenters. The van der Waals surface area contributed by atoms with Gasteiger partial charge in [-0.3, -0.25) is 0 Å². The lowest BCUT2D eigenvalue weighted by Gasteiger charge is -2.15. The molecule has 92 valence electrons. The molecule has 0 aromatic heterocycles. The van der Waals surface area contributed by atoms with E-state index in [0.717, 1.165) is 6.42 Å². The number of hydrogen-bond donors (Lipinski definition) is 1. The van der Waals surface area contributed by atoms with Gasteiger partial charge in [0.05, 0.1) is 6.10 Å². The zero-order valence-electron chi connectivity index (χ0n) is 9.35. The fourth-order valence-corrected chi connectivity index (χ4v) is 3.11. The van der Waals surface area contributed by atoms with Crippen LogP contribution in [0, 0.1) is 5.82 Å². The third-order valence-corrected chi connectivity index (χ3v) is 4.29. The highest BCUT2D eigenvalue weighted by atomic mass is 32.2. The molecule has 2 atom stereocenters. The van der Waals surface area contributed by atoms with Crippen LogP contribution in [0.3, 0.4) is 0 Å². The van der Waals surface area contributed by atoms with Crippen molar-refractivity contribution in [2.75, 3.05) is 6.61 Å². The Labute approximate surface area is 103 Å². The topological polar surface area (TPSA) is 46.5 Å². The maximum atomic E-state index is 13.4. The number of aromatic carboxylic acids is 1. The van der Waals surface area contributed by atoms with Gasteiger partial charge in [-0.2, -0.15) is 0 Å². The molecule has 0 radical (unpaired) electrons. The number of ether oxygens (including phenoxy) is 1. The lowest BCUT2D eigenvalue weighted by Crippen LogP contribution is -2.14.